The lowest BCUT2D eigenvalue weighted by Gasteiger charge is -2.43. The summed E-state index contributed by atoms with van der Waals surface area (Å²) in [6.07, 6.45) is 5.36. The molecule has 0 amide bonds. The number of ketones is 1. The van der Waals surface area contributed by atoms with E-state index in [1.54, 1.807) is 23.6 Å². The molecule has 1 aliphatic carbocycles. The Labute approximate surface area is 222 Å². The summed E-state index contributed by atoms with van der Waals surface area (Å²) in [4.78, 5) is 36.0. The Bertz CT molecular complexity index is 1450. The molecule has 3 aromatic rings. The Morgan fingerprint density at radius 1 is 1.08 bits per heavy atom. The Balaban J connectivity index is 1.33. The third-order valence-corrected chi connectivity index (χ3v) is 9.85. The summed E-state index contributed by atoms with van der Waals surface area (Å²) in [5, 5.41) is 4.48. The van der Waals surface area contributed by atoms with Gasteiger partial charge in [-0.05, 0) is 69.2 Å². The van der Waals surface area contributed by atoms with E-state index in [1.807, 2.05) is 32.0 Å². The Hall–Kier alpha value is -3.14. The van der Waals surface area contributed by atoms with Crippen molar-refractivity contribution in [3.63, 3.8) is 0 Å². The highest BCUT2D eigenvalue weighted by molar-refractivity contribution is 7.91. The zero-order valence-electron chi connectivity index (χ0n) is 22.1. The van der Waals surface area contributed by atoms with E-state index in [0.29, 0.717) is 29.3 Å². The molecule has 38 heavy (non-hydrogen) atoms. The topological polar surface area (TPSA) is 121 Å². The third kappa shape index (κ3) is 5.10. The minimum atomic E-state index is -3.27. The number of Topliss-reactive ketones (excluding diaryl/α,β-unsaturated/α-hetero) is 1. The Morgan fingerprint density at radius 3 is 2.45 bits per heavy atom. The summed E-state index contributed by atoms with van der Waals surface area (Å²) in [6.45, 7) is 5.42. The second-order valence-corrected chi connectivity index (χ2v) is 13.0. The van der Waals surface area contributed by atoms with Crippen molar-refractivity contribution < 1.29 is 22.7 Å². The molecule has 202 valence electrons. The number of benzene rings is 1. The molecule has 5 rings (SSSR count). The second kappa shape index (κ2) is 10.2. The average molecular weight is 539 g/mol. The smallest absolute Gasteiger partial charge is 0.317 e. The normalized spacial score (nSPS) is 22.8. The minimum absolute atomic E-state index is 0.0522. The van der Waals surface area contributed by atoms with Gasteiger partial charge in [0.1, 0.15) is 11.5 Å². The number of rotatable bonds is 8. The van der Waals surface area contributed by atoms with Gasteiger partial charge in [0.15, 0.2) is 21.4 Å². The molecular weight excluding hydrogens is 504 g/mol. The summed E-state index contributed by atoms with van der Waals surface area (Å²) in [5.41, 5.74) is 1.82. The molecule has 1 saturated carbocycles. The molecule has 0 bridgehead atoms. The van der Waals surface area contributed by atoms with Gasteiger partial charge in [-0.3, -0.25) is 9.59 Å². The monoisotopic (exact) mass is 538 g/mol. The first-order chi connectivity index (χ1) is 18.1. The second-order valence-electron chi connectivity index (χ2n) is 10.7. The van der Waals surface area contributed by atoms with Gasteiger partial charge in [-0.2, -0.15) is 4.98 Å². The number of ether oxygens (including phenoxy) is 1. The van der Waals surface area contributed by atoms with Gasteiger partial charge in [0.2, 0.25) is 0 Å². The Kier molecular flexibility index (Phi) is 7.11. The van der Waals surface area contributed by atoms with E-state index in [-0.39, 0.29) is 30.3 Å². The van der Waals surface area contributed by atoms with Crippen LogP contribution in [0, 0.1) is 25.7 Å². The van der Waals surface area contributed by atoms with Crippen molar-refractivity contribution in [3.05, 3.63) is 53.1 Å². The molecule has 2 unspecified atom stereocenters. The predicted molar refractivity (Wildman–Crippen MR) is 140 cm³/mol. The fraction of sp³-hybridized carbons (Fsp3) is 0.536. The van der Waals surface area contributed by atoms with E-state index < -0.39 is 27.3 Å². The van der Waals surface area contributed by atoms with Crippen LogP contribution in [0.3, 0.4) is 0 Å². The van der Waals surface area contributed by atoms with Gasteiger partial charge >= 0.3 is 5.97 Å². The lowest BCUT2D eigenvalue weighted by atomic mass is 9.73. The molecular formula is C28H34N4O5S. The summed E-state index contributed by atoms with van der Waals surface area (Å²) in [6, 6.07) is 8.78. The molecule has 0 radical (unpaired) electrons. The van der Waals surface area contributed by atoms with Crippen LogP contribution in [0.5, 0.6) is 0 Å². The van der Waals surface area contributed by atoms with Crippen LogP contribution < -0.4 is 0 Å². The van der Waals surface area contributed by atoms with Crippen LogP contribution >= 0.6 is 0 Å². The standard InChI is InChI=1S/C28H34N4O5S/c1-4-38(35,36)22-11-9-20(10-12-22)13-14-28(21-7-5-6-8-21)17-24(33)23(26(34)37-28)16-25-30-27-29-18(2)15-19(3)32(27)31-25/h9-12,15,21,23H,4-8,13-14,16-17H2,1-3H3. The van der Waals surface area contributed by atoms with Gasteiger partial charge < -0.3 is 4.74 Å². The first-order valence-corrected chi connectivity index (χ1v) is 15.0. The largest absolute Gasteiger partial charge is 0.458 e. The van der Waals surface area contributed by atoms with E-state index in [2.05, 4.69) is 15.1 Å². The molecule has 10 heteroatoms. The SMILES string of the molecule is CCS(=O)(=O)c1ccc(CCC2(C3CCCC3)CC(=O)C(Cc3nc4nc(C)cc(C)n4n3)C(=O)O2)cc1. The molecule has 9 nitrogen and oxygen atoms in total. The van der Waals surface area contributed by atoms with Gasteiger partial charge in [0, 0.05) is 24.2 Å². The summed E-state index contributed by atoms with van der Waals surface area (Å²) >= 11 is 0. The minimum Gasteiger partial charge on any atom is -0.458 e. The van der Waals surface area contributed by atoms with Crippen molar-refractivity contribution in [3.8, 4) is 0 Å². The highest BCUT2D eigenvalue weighted by Crippen LogP contribution is 2.45. The van der Waals surface area contributed by atoms with Crippen molar-refractivity contribution >= 4 is 27.4 Å². The fourth-order valence-corrected chi connectivity index (χ4v) is 6.82. The van der Waals surface area contributed by atoms with Crippen molar-refractivity contribution in [2.45, 2.75) is 82.6 Å². The highest BCUT2D eigenvalue weighted by atomic mass is 32.2. The summed E-state index contributed by atoms with van der Waals surface area (Å²) in [5.74, 6) is -0.517. The number of sulfone groups is 1. The lowest BCUT2D eigenvalue weighted by Crippen LogP contribution is -2.52. The molecule has 2 aliphatic rings. The molecule has 1 aromatic carbocycles. The van der Waals surface area contributed by atoms with Crippen molar-refractivity contribution in [2.24, 2.45) is 11.8 Å². The zero-order chi connectivity index (χ0) is 27.1. The maximum atomic E-state index is 13.5. The van der Waals surface area contributed by atoms with Crippen LogP contribution in [0.15, 0.2) is 35.2 Å². The van der Waals surface area contributed by atoms with Gasteiger partial charge in [0.05, 0.1) is 10.6 Å². The third-order valence-electron chi connectivity index (χ3n) is 8.10. The van der Waals surface area contributed by atoms with Crippen LogP contribution in [0.25, 0.3) is 5.78 Å². The van der Waals surface area contributed by atoms with Crippen molar-refractivity contribution in [2.75, 3.05) is 5.75 Å². The number of fused-ring (bicyclic) bond motifs is 1. The van der Waals surface area contributed by atoms with Gasteiger partial charge in [-0.1, -0.05) is 31.9 Å². The molecule has 1 saturated heterocycles. The number of aryl methyl sites for hydroxylation is 3. The number of esters is 1. The number of aromatic nitrogens is 4. The maximum Gasteiger partial charge on any atom is 0.317 e. The number of carbonyl (C=O) groups is 2. The first-order valence-electron chi connectivity index (χ1n) is 13.4. The fourth-order valence-electron chi connectivity index (χ4n) is 5.94. The quantitative estimate of drug-likeness (QED) is 0.314. The molecule has 2 atom stereocenters. The predicted octanol–water partition coefficient (Wildman–Crippen LogP) is 3.77. The van der Waals surface area contributed by atoms with Crippen molar-refractivity contribution in [1.29, 1.82) is 0 Å². The molecule has 2 aromatic heterocycles. The molecule has 0 N–H and O–H groups in total. The highest BCUT2D eigenvalue weighted by Gasteiger charge is 2.51. The first kappa shape index (κ1) is 26.5. The van der Waals surface area contributed by atoms with Gasteiger partial charge in [-0.15, -0.1) is 5.10 Å². The van der Waals surface area contributed by atoms with Crippen LogP contribution in [0.1, 0.15) is 68.2 Å². The van der Waals surface area contributed by atoms with Gasteiger partial charge in [0.25, 0.3) is 5.78 Å². The van der Waals surface area contributed by atoms with Crippen LogP contribution in [0.2, 0.25) is 0 Å². The van der Waals surface area contributed by atoms with E-state index in [4.69, 9.17) is 4.74 Å². The number of hydrogen-bond donors (Lipinski definition) is 0. The number of carbonyl (C=O) groups excluding carboxylic acids is 2. The van der Waals surface area contributed by atoms with Crippen LogP contribution in [-0.4, -0.2) is 51.1 Å². The summed E-state index contributed by atoms with van der Waals surface area (Å²) < 4.78 is 32.1. The number of nitrogens with zero attached hydrogens (tertiary/aromatic N) is 4. The zero-order valence-corrected chi connectivity index (χ0v) is 23.0. The molecule has 0 spiro atoms. The molecule has 3 heterocycles. The Morgan fingerprint density at radius 2 is 1.79 bits per heavy atom. The summed E-state index contributed by atoms with van der Waals surface area (Å²) in [7, 11) is -3.27. The maximum absolute atomic E-state index is 13.5. The van der Waals surface area contributed by atoms with Crippen LogP contribution in [0.4, 0.5) is 0 Å². The molecule has 1 aliphatic heterocycles. The molecule has 2 fully saturated rings. The number of cyclic esters (lactones) is 1. The van der Waals surface area contributed by atoms with Gasteiger partial charge in [-0.25, -0.2) is 17.9 Å². The lowest BCUT2D eigenvalue weighted by molar-refractivity contribution is -0.185. The van der Waals surface area contributed by atoms with Crippen molar-refractivity contribution in [1.82, 2.24) is 19.6 Å². The van der Waals surface area contributed by atoms with E-state index >= 15 is 0 Å². The van der Waals surface area contributed by atoms with E-state index in [1.165, 1.54) is 0 Å². The number of hydrogen-bond acceptors (Lipinski definition) is 8. The van der Waals surface area contributed by atoms with E-state index in [9.17, 15) is 18.0 Å². The van der Waals surface area contributed by atoms with E-state index in [0.717, 1.165) is 42.6 Å². The van der Waals surface area contributed by atoms with Crippen LogP contribution in [-0.2, 0) is 37.0 Å². The average Bonchev–Trinajstić information content (AvgIpc) is 3.56.